The molecule has 27 heavy (non-hydrogen) atoms. The molecule has 3 amide bonds. The third kappa shape index (κ3) is 3.83. The molecule has 0 bridgehead atoms. The molecule has 2 aliphatic rings. The second kappa shape index (κ2) is 6.95. The predicted molar refractivity (Wildman–Crippen MR) is 99.8 cm³/mol. The van der Waals surface area contributed by atoms with Gasteiger partial charge in [0, 0.05) is 11.3 Å². The fraction of sp³-hybridized carbons (Fsp3) is 0.500. The van der Waals surface area contributed by atoms with Gasteiger partial charge in [0.1, 0.15) is 5.54 Å². The van der Waals surface area contributed by atoms with E-state index in [2.05, 4.69) is 10.0 Å². The van der Waals surface area contributed by atoms with E-state index in [0.29, 0.717) is 17.7 Å². The van der Waals surface area contributed by atoms with Crippen LogP contribution in [0.3, 0.4) is 0 Å². The van der Waals surface area contributed by atoms with E-state index in [1.54, 1.807) is 0 Å². The summed E-state index contributed by atoms with van der Waals surface area (Å²) in [7, 11) is -3.41. The van der Waals surface area contributed by atoms with Crippen LogP contribution in [-0.2, 0) is 14.8 Å². The SMILES string of the molecule is C[C@H]1CCCC[C@@]12NC(=O)N(CC(=O)c1ccc(NS(C)(=O)=O)cc1)C2=O. The number of carbonyl (C=O) groups is 3. The molecule has 0 unspecified atom stereocenters. The number of imide groups is 1. The number of nitrogens with zero attached hydrogens (tertiary/aromatic N) is 1. The van der Waals surface area contributed by atoms with E-state index in [1.807, 2.05) is 6.92 Å². The Hall–Kier alpha value is -2.42. The number of anilines is 1. The van der Waals surface area contributed by atoms with Gasteiger partial charge in [0.25, 0.3) is 5.91 Å². The van der Waals surface area contributed by atoms with E-state index in [-0.39, 0.29) is 24.2 Å². The highest BCUT2D eigenvalue weighted by Gasteiger charge is 2.55. The van der Waals surface area contributed by atoms with Gasteiger partial charge in [-0.15, -0.1) is 0 Å². The topological polar surface area (TPSA) is 113 Å². The number of nitrogens with one attached hydrogen (secondary N) is 2. The first-order valence-corrected chi connectivity index (χ1v) is 10.8. The maximum atomic E-state index is 12.9. The first kappa shape index (κ1) is 19.3. The van der Waals surface area contributed by atoms with Crippen molar-refractivity contribution in [1.29, 1.82) is 0 Å². The standard InChI is InChI=1S/C18H23N3O5S/c1-12-5-3-4-10-18(12)16(23)21(17(24)19-18)11-15(22)13-6-8-14(9-7-13)20-27(2,25)26/h6-9,12,20H,3-5,10-11H2,1-2H3,(H,19,24)/t12-,18+/m0/s1. The first-order chi connectivity index (χ1) is 12.6. The van der Waals surface area contributed by atoms with Gasteiger partial charge in [0.15, 0.2) is 5.78 Å². The summed E-state index contributed by atoms with van der Waals surface area (Å²) in [5, 5.41) is 2.82. The molecule has 1 aromatic carbocycles. The van der Waals surface area contributed by atoms with E-state index in [9.17, 15) is 22.8 Å². The quantitative estimate of drug-likeness (QED) is 0.584. The minimum atomic E-state index is -3.41. The number of urea groups is 1. The molecule has 9 heteroatoms. The number of rotatable bonds is 5. The molecule has 1 aliphatic heterocycles. The van der Waals surface area contributed by atoms with Crippen LogP contribution >= 0.6 is 0 Å². The van der Waals surface area contributed by atoms with Crippen molar-refractivity contribution in [3.63, 3.8) is 0 Å². The number of benzene rings is 1. The summed E-state index contributed by atoms with van der Waals surface area (Å²) in [5.41, 5.74) is -0.259. The minimum absolute atomic E-state index is 0.0316. The molecular formula is C18H23N3O5S. The van der Waals surface area contributed by atoms with Gasteiger partial charge in [-0.3, -0.25) is 19.2 Å². The molecule has 0 aromatic heterocycles. The predicted octanol–water partition coefficient (Wildman–Crippen LogP) is 1.74. The van der Waals surface area contributed by atoms with Crippen molar-refractivity contribution in [2.24, 2.45) is 5.92 Å². The summed E-state index contributed by atoms with van der Waals surface area (Å²) in [6, 6.07) is 5.33. The van der Waals surface area contributed by atoms with Crippen LogP contribution in [0.1, 0.15) is 43.0 Å². The molecule has 8 nitrogen and oxygen atoms in total. The van der Waals surface area contributed by atoms with Crippen molar-refractivity contribution in [2.75, 3.05) is 17.5 Å². The average molecular weight is 393 g/mol. The Labute approximate surface area is 158 Å². The number of sulfonamides is 1. The highest BCUT2D eigenvalue weighted by atomic mass is 32.2. The second-order valence-electron chi connectivity index (χ2n) is 7.31. The van der Waals surface area contributed by atoms with Crippen LogP contribution in [0.15, 0.2) is 24.3 Å². The number of Topliss-reactive ketones (excluding diaryl/α,β-unsaturated/α-hetero) is 1. The van der Waals surface area contributed by atoms with Crippen molar-refractivity contribution in [3.05, 3.63) is 29.8 Å². The Bertz CT molecular complexity index is 881. The van der Waals surface area contributed by atoms with Crippen molar-refractivity contribution in [3.8, 4) is 0 Å². The van der Waals surface area contributed by atoms with Gasteiger partial charge in [0.2, 0.25) is 10.0 Å². The highest BCUT2D eigenvalue weighted by Crippen LogP contribution is 2.38. The van der Waals surface area contributed by atoms with Crippen molar-refractivity contribution >= 4 is 33.4 Å². The Morgan fingerprint density at radius 1 is 1.26 bits per heavy atom. The van der Waals surface area contributed by atoms with Crippen LogP contribution in [0.2, 0.25) is 0 Å². The lowest BCUT2D eigenvalue weighted by Gasteiger charge is -2.36. The van der Waals surface area contributed by atoms with E-state index >= 15 is 0 Å². The summed E-state index contributed by atoms with van der Waals surface area (Å²) in [5.74, 6) is -0.683. The molecule has 3 rings (SSSR count). The van der Waals surface area contributed by atoms with Crippen molar-refractivity contribution < 1.29 is 22.8 Å². The summed E-state index contributed by atoms with van der Waals surface area (Å²) in [6.07, 6.45) is 4.38. The molecule has 2 fully saturated rings. The van der Waals surface area contributed by atoms with Crippen LogP contribution in [0.4, 0.5) is 10.5 Å². The lowest BCUT2D eigenvalue weighted by molar-refractivity contribution is -0.133. The molecule has 1 aromatic rings. The normalized spacial score (nSPS) is 25.6. The van der Waals surface area contributed by atoms with E-state index in [0.717, 1.165) is 30.4 Å². The van der Waals surface area contributed by atoms with Gasteiger partial charge in [-0.1, -0.05) is 19.8 Å². The number of amides is 3. The number of hydrogen-bond donors (Lipinski definition) is 2. The second-order valence-corrected chi connectivity index (χ2v) is 9.06. The van der Waals surface area contributed by atoms with Crippen LogP contribution < -0.4 is 10.0 Å². The number of hydrogen-bond acceptors (Lipinski definition) is 5. The highest BCUT2D eigenvalue weighted by molar-refractivity contribution is 7.92. The summed E-state index contributed by atoms with van der Waals surface area (Å²) < 4.78 is 24.8. The molecule has 1 aliphatic carbocycles. The summed E-state index contributed by atoms with van der Waals surface area (Å²) >= 11 is 0. The maximum absolute atomic E-state index is 12.9. The van der Waals surface area contributed by atoms with Gasteiger partial charge in [-0.05, 0) is 43.0 Å². The van der Waals surface area contributed by atoms with E-state index in [4.69, 9.17) is 0 Å². The zero-order valence-electron chi connectivity index (χ0n) is 15.3. The number of carbonyl (C=O) groups excluding carboxylic acids is 3. The van der Waals surface area contributed by atoms with Gasteiger partial charge in [-0.2, -0.15) is 0 Å². The largest absolute Gasteiger partial charge is 0.325 e. The Kier molecular flexibility index (Phi) is 4.98. The fourth-order valence-electron chi connectivity index (χ4n) is 3.81. The van der Waals surface area contributed by atoms with Gasteiger partial charge in [0.05, 0.1) is 12.8 Å². The average Bonchev–Trinajstić information content (AvgIpc) is 2.82. The molecule has 1 spiro atoms. The summed E-state index contributed by atoms with van der Waals surface area (Å²) in [6.45, 7) is 1.62. The zero-order valence-corrected chi connectivity index (χ0v) is 16.1. The van der Waals surface area contributed by atoms with Crippen molar-refractivity contribution in [1.82, 2.24) is 10.2 Å². The molecule has 2 atom stereocenters. The van der Waals surface area contributed by atoms with Crippen molar-refractivity contribution in [2.45, 2.75) is 38.1 Å². The molecule has 146 valence electrons. The summed E-state index contributed by atoms with van der Waals surface area (Å²) in [4.78, 5) is 38.8. The van der Waals surface area contributed by atoms with Crippen LogP contribution in [0.5, 0.6) is 0 Å². The molecule has 0 radical (unpaired) electrons. The molecule has 2 N–H and O–H groups in total. The van der Waals surface area contributed by atoms with Gasteiger partial charge >= 0.3 is 6.03 Å². The van der Waals surface area contributed by atoms with Gasteiger partial charge in [-0.25, -0.2) is 13.2 Å². The zero-order chi connectivity index (χ0) is 19.8. The Morgan fingerprint density at radius 2 is 1.93 bits per heavy atom. The lowest BCUT2D eigenvalue weighted by Crippen LogP contribution is -2.54. The molecule has 1 saturated heterocycles. The Balaban J connectivity index is 1.72. The smallest absolute Gasteiger partial charge is 0.323 e. The monoisotopic (exact) mass is 393 g/mol. The Morgan fingerprint density at radius 3 is 2.52 bits per heavy atom. The van der Waals surface area contributed by atoms with E-state index in [1.165, 1.54) is 24.3 Å². The first-order valence-electron chi connectivity index (χ1n) is 8.87. The third-order valence-corrected chi connectivity index (χ3v) is 5.92. The maximum Gasteiger partial charge on any atom is 0.325 e. The fourth-order valence-corrected chi connectivity index (χ4v) is 4.38. The van der Waals surface area contributed by atoms with Crippen LogP contribution in [-0.4, -0.2) is 49.4 Å². The lowest BCUT2D eigenvalue weighted by atomic mass is 9.73. The molecule has 1 saturated carbocycles. The van der Waals surface area contributed by atoms with Crippen LogP contribution in [0.25, 0.3) is 0 Å². The third-order valence-electron chi connectivity index (χ3n) is 5.31. The van der Waals surface area contributed by atoms with Gasteiger partial charge < -0.3 is 5.32 Å². The van der Waals surface area contributed by atoms with Crippen LogP contribution in [0, 0.1) is 5.92 Å². The number of ketones is 1. The minimum Gasteiger partial charge on any atom is -0.323 e. The molecule has 1 heterocycles. The molecular weight excluding hydrogens is 370 g/mol. The van der Waals surface area contributed by atoms with E-state index < -0.39 is 21.6 Å².